The Hall–Kier alpha value is -2.09. The highest BCUT2D eigenvalue weighted by atomic mass is 16.4. The Bertz CT molecular complexity index is 521. The van der Waals surface area contributed by atoms with E-state index in [1.807, 2.05) is 18.7 Å². The first-order valence-corrected chi connectivity index (χ1v) is 5.91. The second-order valence-corrected chi connectivity index (χ2v) is 4.60. The molecule has 1 fully saturated rings. The molecule has 2 rings (SSSR count). The second-order valence-electron chi connectivity index (χ2n) is 4.60. The van der Waals surface area contributed by atoms with Crippen LogP contribution in [0.1, 0.15) is 24.6 Å². The van der Waals surface area contributed by atoms with Gasteiger partial charge >= 0.3 is 5.97 Å². The molecule has 5 heteroatoms. The van der Waals surface area contributed by atoms with Gasteiger partial charge in [-0.05, 0) is 32.4 Å². The summed E-state index contributed by atoms with van der Waals surface area (Å²) < 4.78 is 0. The van der Waals surface area contributed by atoms with E-state index >= 15 is 0 Å². The summed E-state index contributed by atoms with van der Waals surface area (Å²) in [5.41, 5.74) is 1.33. The molecule has 0 aliphatic carbocycles. The Kier molecular flexibility index (Phi) is 3.19. The van der Waals surface area contributed by atoms with Gasteiger partial charge < -0.3 is 10.0 Å². The van der Waals surface area contributed by atoms with Crippen LogP contribution in [0.15, 0.2) is 12.1 Å². The van der Waals surface area contributed by atoms with Crippen molar-refractivity contribution in [3.05, 3.63) is 23.4 Å². The van der Waals surface area contributed by atoms with Crippen LogP contribution >= 0.6 is 0 Å². The molecule has 18 heavy (non-hydrogen) atoms. The summed E-state index contributed by atoms with van der Waals surface area (Å²) in [6.07, 6.45) is 0.594. The standard InChI is InChI=1S/C13H15N3O2/c1-8-3-4-10(7-14)12(15-8)16-6-5-11(9(16)2)13(17)18/h3-4,9,11H,5-6H2,1-2H3,(H,17,18). The van der Waals surface area contributed by atoms with Crippen molar-refractivity contribution < 1.29 is 9.90 Å². The molecule has 0 radical (unpaired) electrons. The monoisotopic (exact) mass is 245 g/mol. The average molecular weight is 245 g/mol. The molecule has 2 atom stereocenters. The molecule has 2 heterocycles. The highest BCUT2D eigenvalue weighted by molar-refractivity contribution is 5.73. The van der Waals surface area contributed by atoms with Gasteiger partial charge in [0, 0.05) is 18.3 Å². The molecule has 1 aromatic rings. The maximum absolute atomic E-state index is 11.1. The number of aryl methyl sites for hydroxylation is 1. The van der Waals surface area contributed by atoms with Crippen molar-refractivity contribution in [2.75, 3.05) is 11.4 Å². The van der Waals surface area contributed by atoms with Gasteiger partial charge in [0.05, 0.1) is 11.5 Å². The molecule has 5 nitrogen and oxygen atoms in total. The number of pyridine rings is 1. The molecular weight excluding hydrogens is 230 g/mol. The number of nitriles is 1. The van der Waals surface area contributed by atoms with E-state index < -0.39 is 5.97 Å². The highest BCUT2D eigenvalue weighted by Crippen LogP contribution is 2.30. The zero-order chi connectivity index (χ0) is 13.3. The number of aromatic nitrogens is 1. The molecule has 1 N–H and O–H groups in total. The first-order chi connectivity index (χ1) is 8.54. The van der Waals surface area contributed by atoms with Gasteiger partial charge in [0.2, 0.25) is 0 Å². The number of carboxylic acid groups (broad SMARTS) is 1. The predicted molar refractivity (Wildman–Crippen MR) is 66.2 cm³/mol. The third-order valence-corrected chi connectivity index (χ3v) is 3.48. The molecule has 1 aliphatic rings. The average Bonchev–Trinajstić information content (AvgIpc) is 2.71. The smallest absolute Gasteiger partial charge is 0.308 e. The predicted octanol–water partition coefficient (Wildman–Crippen LogP) is 1.56. The van der Waals surface area contributed by atoms with Crippen LogP contribution < -0.4 is 4.90 Å². The maximum atomic E-state index is 11.1. The van der Waals surface area contributed by atoms with Crippen LogP contribution in [0, 0.1) is 24.2 Å². The van der Waals surface area contributed by atoms with Crippen molar-refractivity contribution in [3.8, 4) is 6.07 Å². The Labute approximate surface area is 106 Å². The molecule has 0 amide bonds. The third kappa shape index (κ3) is 2.02. The van der Waals surface area contributed by atoms with E-state index in [0.717, 1.165) is 5.69 Å². The van der Waals surface area contributed by atoms with Crippen molar-refractivity contribution in [2.45, 2.75) is 26.3 Å². The minimum atomic E-state index is -0.781. The largest absolute Gasteiger partial charge is 0.481 e. The van der Waals surface area contributed by atoms with Crippen LogP contribution in [-0.4, -0.2) is 28.6 Å². The van der Waals surface area contributed by atoms with Gasteiger partial charge in [0.25, 0.3) is 0 Å². The lowest BCUT2D eigenvalue weighted by Gasteiger charge is -2.25. The highest BCUT2D eigenvalue weighted by Gasteiger charge is 2.37. The maximum Gasteiger partial charge on any atom is 0.308 e. The fourth-order valence-electron chi connectivity index (χ4n) is 2.42. The summed E-state index contributed by atoms with van der Waals surface area (Å²) in [6.45, 7) is 4.36. The van der Waals surface area contributed by atoms with Crippen LogP contribution in [0.5, 0.6) is 0 Å². The second kappa shape index (κ2) is 4.65. The summed E-state index contributed by atoms with van der Waals surface area (Å²) in [7, 11) is 0. The molecular formula is C13H15N3O2. The van der Waals surface area contributed by atoms with Gasteiger partial charge in [-0.15, -0.1) is 0 Å². The molecule has 2 unspecified atom stereocenters. The Morgan fingerprint density at radius 1 is 1.61 bits per heavy atom. The fourth-order valence-corrected chi connectivity index (χ4v) is 2.42. The number of carboxylic acids is 1. The summed E-state index contributed by atoms with van der Waals surface area (Å²) in [5, 5.41) is 18.2. The SMILES string of the molecule is Cc1ccc(C#N)c(N2CCC(C(=O)O)C2C)n1. The van der Waals surface area contributed by atoms with E-state index in [0.29, 0.717) is 24.3 Å². The Balaban J connectivity index is 2.36. The first kappa shape index (κ1) is 12.4. The number of aliphatic carboxylic acids is 1. The number of anilines is 1. The summed E-state index contributed by atoms with van der Waals surface area (Å²) in [6, 6.07) is 5.50. The Morgan fingerprint density at radius 3 is 2.89 bits per heavy atom. The molecule has 1 aromatic heterocycles. The van der Waals surface area contributed by atoms with Crippen LogP contribution in [0.3, 0.4) is 0 Å². The molecule has 1 saturated heterocycles. The van der Waals surface area contributed by atoms with Crippen molar-refractivity contribution in [1.82, 2.24) is 4.98 Å². The molecule has 0 bridgehead atoms. The lowest BCUT2D eigenvalue weighted by molar-refractivity contribution is -0.141. The molecule has 0 aromatic carbocycles. The van der Waals surface area contributed by atoms with E-state index in [2.05, 4.69) is 11.1 Å². The fraction of sp³-hybridized carbons (Fsp3) is 0.462. The Morgan fingerprint density at radius 2 is 2.33 bits per heavy atom. The zero-order valence-corrected chi connectivity index (χ0v) is 10.4. The van der Waals surface area contributed by atoms with Crippen molar-refractivity contribution >= 4 is 11.8 Å². The third-order valence-electron chi connectivity index (χ3n) is 3.48. The van der Waals surface area contributed by atoms with Crippen molar-refractivity contribution in [1.29, 1.82) is 5.26 Å². The van der Waals surface area contributed by atoms with Gasteiger partial charge in [-0.2, -0.15) is 5.26 Å². The lowest BCUT2D eigenvalue weighted by atomic mass is 10.0. The number of rotatable bonds is 2. The topological polar surface area (TPSA) is 77.2 Å². The summed E-state index contributed by atoms with van der Waals surface area (Å²) in [4.78, 5) is 17.4. The normalized spacial score (nSPS) is 22.8. The number of carbonyl (C=O) groups is 1. The summed E-state index contributed by atoms with van der Waals surface area (Å²) in [5.74, 6) is -0.566. The van der Waals surface area contributed by atoms with E-state index in [-0.39, 0.29) is 12.0 Å². The number of nitrogens with zero attached hydrogens (tertiary/aromatic N) is 3. The zero-order valence-electron chi connectivity index (χ0n) is 10.4. The molecule has 0 saturated carbocycles. The number of hydrogen-bond acceptors (Lipinski definition) is 4. The number of hydrogen-bond donors (Lipinski definition) is 1. The van der Waals surface area contributed by atoms with Gasteiger partial charge in [0.15, 0.2) is 0 Å². The molecule has 1 aliphatic heterocycles. The van der Waals surface area contributed by atoms with Crippen molar-refractivity contribution in [2.24, 2.45) is 5.92 Å². The van der Waals surface area contributed by atoms with Crippen LogP contribution in [0.25, 0.3) is 0 Å². The van der Waals surface area contributed by atoms with Crippen molar-refractivity contribution in [3.63, 3.8) is 0 Å². The van der Waals surface area contributed by atoms with Gasteiger partial charge in [-0.3, -0.25) is 4.79 Å². The van der Waals surface area contributed by atoms with Gasteiger partial charge in [0.1, 0.15) is 11.9 Å². The lowest BCUT2D eigenvalue weighted by Crippen LogP contribution is -2.34. The quantitative estimate of drug-likeness (QED) is 0.855. The van der Waals surface area contributed by atoms with E-state index in [9.17, 15) is 4.79 Å². The van der Waals surface area contributed by atoms with E-state index in [1.165, 1.54) is 0 Å². The van der Waals surface area contributed by atoms with E-state index in [4.69, 9.17) is 10.4 Å². The summed E-state index contributed by atoms with van der Waals surface area (Å²) >= 11 is 0. The molecule has 94 valence electrons. The minimum absolute atomic E-state index is 0.135. The molecule has 0 spiro atoms. The van der Waals surface area contributed by atoms with Crippen LogP contribution in [0.4, 0.5) is 5.82 Å². The first-order valence-electron chi connectivity index (χ1n) is 5.91. The van der Waals surface area contributed by atoms with E-state index in [1.54, 1.807) is 12.1 Å². The van der Waals surface area contributed by atoms with Crippen LogP contribution in [-0.2, 0) is 4.79 Å². The van der Waals surface area contributed by atoms with Gasteiger partial charge in [-0.1, -0.05) is 0 Å². The van der Waals surface area contributed by atoms with Crippen LogP contribution in [0.2, 0.25) is 0 Å². The van der Waals surface area contributed by atoms with Gasteiger partial charge in [-0.25, -0.2) is 4.98 Å². The minimum Gasteiger partial charge on any atom is -0.481 e.